The van der Waals surface area contributed by atoms with Crippen LogP contribution in [0.2, 0.25) is 19.6 Å². The Kier molecular flexibility index (Phi) is 3.23. The molecule has 0 aliphatic carbocycles. The molecule has 0 spiro atoms. The van der Waals surface area contributed by atoms with Crippen LogP contribution < -0.4 is 0 Å². The summed E-state index contributed by atoms with van der Waals surface area (Å²) in [6, 6.07) is -0.733. The van der Waals surface area contributed by atoms with Crippen LogP contribution in [0.4, 0.5) is 4.79 Å². The van der Waals surface area contributed by atoms with Crippen molar-refractivity contribution in [2.75, 3.05) is 6.17 Å². The van der Waals surface area contributed by atoms with Crippen molar-refractivity contribution in [2.45, 2.75) is 39.5 Å². The van der Waals surface area contributed by atoms with Crippen LogP contribution in [-0.2, 0) is 9.59 Å². The monoisotopic (exact) mass is 242 g/mol. The van der Waals surface area contributed by atoms with Crippen molar-refractivity contribution >= 4 is 25.9 Å². The van der Waals surface area contributed by atoms with Crippen LogP contribution in [-0.4, -0.2) is 47.9 Å². The third kappa shape index (κ3) is 2.32. The largest absolute Gasteiger partial charge is 0.334 e. The van der Waals surface area contributed by atoms with E-state index < -0.39 is 25.9 Å². The normalized spacial score (nSPS) is 18.0. The summed E-state index contributed by atoms with van der Waals surface area (Å²) in [7, 11) is -1.59. The van der Waals surface area contributed by atoms with Gasteiger partial charge in [-0.25, -0.2) is 4.79 Å². The number of carbonyl (C=O) groups excluding carboxylic acids is 3. The Labute approximate surface area is 96.4 Å². The van der Waals surface area contributed by atoms with Crippen LogP contribution in [0.15, 0.2) is 0 Å². The van der Waals surface area contributed by atoms with Crippen LogP contribution in [0.1, 0.15) is 13.8 Å². The number of urea groups is 1. The van der Waals surface area contributed by atoms with Gasteiger partial charge in [0.25, 0.3) is 0 Å². The minimum atomic E-state index is -1.59. The summed E-state index contributed by atoms with van der Waals surface area (Å²) in [5.41, 5.74) is 0. The molecule has 1 aliphatic rings. The molecular formula is C10H18N2O3Si. The number of carbonyl (C=O) groups is 3. The molecule has 5 nitrogen and oxygen atoms in total. The first-order valence-corrected chi connectivity index (χ1v) is 9.05. The third-order valence-corrected chi connectivity index (χ3v) is 3.50. The molecule has 0 saturated carbocycles. The maximum Gasteiger partial charge on any atom is 0.334 e. The van der Waals surface area contributed by atoms with Gasteiger partial charge in [0.1, 0.15) is 0 Å². The van der Waals surface area contributed by atoms with E-state index in [0.717, 1.165) is 9.80 Å². The fraction of sp³-hybridized carbons (Fsp3) is 0.700. The van der Waals surface area contributed by atoms with Gasteiger partial charge < -0.3 is 0 Å². The van der Waals surface area contributed by atoms with Gasteiger partial charge in [-0.05, 0) is 13.8 Å². The minimum absolute atomic E-state index is 0.268. The average Bonchev–Trinajstić information content (AvgIpc) is 2.27. The zero-order valence-electron chi connectivity index (χ0n) is 10.4. The molecule has 1 saturated heterocycles. The molecule has 1 fully saturated rings. The first kappa shape index (κ1) is 12.9. The van der Waals surface area contributed by atoms with Crippen molar-refractivity contribution in [2.24, 2.45) is 0 Å². The third-order valence-electron chi connectivity index (χ3n) is 2.23. The standard InChI is InChI=1S/C10H18N2O3Si/c1-7(2)12-9(14)8(13)11(10(12)15)6-16(3,4)5/h7H,6H2,1-5H3. The summed E-state index contributed by atoms with van der Waals surface area (Å²) in [5, 5.41) is 0. The zero-order chi connectivity index (χ0) is 12.7. The highest BCUT2D eigenvalue weighted by Gasteiger charge is 2.46. The smallest absolute Gasteiger partial charge is 0.263 e. The van der Waals surface area contributed by atoms with Crippen LogP contribution in [0.3, 0.4) is 0 Å². The van der Waals surface area contributed by atoms with Gasteiger partial charge in [0.2, 0.25) is 0 Å². The van der Waals surface area contributed by atoms with Crippen molar-refractivity contribution in [3.8, 4) is 0 Å². The molecule has 0 N–H and O–H groups in total. The molecular weight excluding hydrogens is 224 g/mol. The van der Waals surface area contributed by atoms with Crippen molar-refractivity contribution in [1.82, 2.24) is 9.80 Å². The fourth-order valence-corrected chi connectivity index (χ4v) is 2.82. The Bertz CT molecular complexity index is 346. The highest BCUT2D eigenvalue weighted by Crippen LogP contribution is 2.17. The molecule has 0 aromatic rings. The fourth-order valence-electron chi connectivity index (χ4n) is 1.59. The summed E-state index contributed by atoms with van der Waals surface area (Å²) in [5.74, 6) is -1.38. The number of imide groups is 2. The van der Waals surface area contributed by atoms with E-state index in [1.807, 2.05) is 0 Å². The average molecular weight is 242 g/mol. The second kappa shape index (κ2) is 4.01. The number of nitrogens with zero attached hydrogens (tertiary/aromatic N) is 2. The van der Waals surface area contributed by atoms with E-state index in [-0.39, 0.29) is 6.04 Å². The molecule has 16 heavy (non-hydrogen) atoms. The second-order valence-corrected chi connectivity index (χ2v) is 10.9. The molecule has 0 radical (unpaired) electrons. The van der Waals surface area contributed by atoms with Gasteiger partial charge in [-0.1, -0.05) is 19.6 Å². The highest BCUT2D eigenvalue weighted by molar-refractivity contribution is 6.77. The van der Waals surface area contributed by atoms with Crippen molar-refractivity contribution in [3.63, 3.8) is 0 Å². The molecule has 0 unspecified atom stereocenters. The first-order chi connectivity index (χ1) is 7.15. The van der Waals surface area contributed by atoms with Gasteiger partial charge in [-0.15, -0.1) is 0 Å². The van der Waals surface area contributed by atoms with E-state index >= 15 is 0 Å². The Morgan fingerprint density at radius 1 is 1.06 bits per heavy atom. The number of amides is 4. The lowest BCUT2D eigenvalue weighted by Crippen LogP contribution is -2.45. The van der Waals surface area contributed by atoms with Gasteiger partial charge in [-0.3, -0.25) is 19.4 Å². The summed E-state index contributed by atoms with van der Waals surface area (Å²) in [6.45, 7) is 9.60. The van der Waals surface area contributed by atoms with Gasteiger partial charge >= 0.3 is 17.8 Å². The van der Waals surface area contributed by atoms with E-state index in [1.54, 1.807) is 13.8 Å². The van der Waals surface area contributed by atoms with Gasteiger partial charge in [0.05, 0.1) is 8.07 Å². The van der Waals surface area contributed by atoms with E-state index in [0.29, 0.717) is 6.17 Å². The predicted octanol–water partition coefficient (Wildman–Crippen LogP) is 1.06. The Morgan fingerprint density at radius 3 is 1.88 bits per heavy atom. The number of rotatable bonds is 3. The lowest BCUT2D eigenvalue weighted by atomic mass is 10.3. The van der Waals surface area contributed by atoms with Crippen molar-refractivity contribution in [3.05, 3.63) is 0 Å². The molecule has 4 amide bonds. The van der Waals surface area contributed by atoms with E-state index in [1.165, 1.54) is 0 Å². The highest BCUT2D eigenvalue weighted by atomic mass is 28.3. The molecule has 90 valence electrons. The minimum Gasteiger partial charge on any atom is -0.263 e. The van der Waals surface area contributed by atoms with E-state index in [9.17, 15) is 14.4 Å². The van der Waals surface area contributed by atoms with Crippen LogP contribution in [0, 0.1) is 0 Å². The summed E-state index contributed by atoms with van der Waals surface area (Å²) >= 11 is 0. The topological polar surface area (TPSA) is 57.7 Å². The molecule has 0 aromatic carbocycles. The summed E-state index contributed by atoms with van der Waals surface area (Å²) in [4.78, 5) is 37.2. The Balaban J connectivity index is 2.94. The zero-order valence-corrected chi connectivity index (χ0v) is 11.4. The maximum absolute atomic E-state index is 11.9. The van der Waals surface area contributed by atoms with Crippen LogP contribution in [0.25, 0.3) is 0 Å². The molecule has 0 bridgehead atoms. The van der Waals surface area contributed by atoms with Gasteiger partial charge in [0, 0.05) is 12.2 Å². The van der Waals surface area contributed by atoms with Crippen LogP contribution in [0.5, 0.6) is 0 Å². The second-order valence-electron chi connectivity index (χ2n) is 5.50. The Hall–Kier alpha value is -1.17. The predicted molar refractivity (Wildman–Crippen MR) is 62.4 cm³/mol. The molecule has 0 aromatic heterocycles. The van der Waals surface area contributed by atoms with Crippen molar-refractivity contribution < 1.29 is 14.4 Å². The lowest BCUT2D eigenvalue weighted by Gasteiger charge is -2.23. The van der Waals surface area contributed by atoms with Crippen molar-refractivity contribution in [1.29, 1.82) is 0 Å². The first-order valence-electron chi connectivity index (χ1n) is 5.34. The SMILES string of the molecule is CC(C)N1C(=O)C(=O)N(C[Si](C)(C)C)C1=O. The van der Waals surface area contributed by atoms with Gasteiger partial charge in [0.15, 0.2) is 0 Å². The molecule has 6 heteroatoms. The molecule has 0 atom stereocenters. The molecule has 1 aliphatic heterocycles. The van der Waals surface area contributed by atoms with E-state index in [4.69, 9.17) is 0 Å². The maximum atomic E-state index is 11.9. The van der Waals surface area contributed by atoms with Crippen LogP contribution >= 0.6 is 0 Å². The number of hydrogen-bond donors (Lipinski definition) is 0. The quantitative estimate of drug-likeness (QED) is 0.422. The van der Waals surface area contributed by atoms with E-state index in [2.05, 4.69) is 19.6 Å². The summed E-state index contributed by atoms with van der Waals surface area (Å²) < 4.78 is 0. The Morgan fingerprint density at radius 2 is 1.56 bits per heavy atom. The lowest BCUT2D eigenvalue weighted by molar-refractivity contribution is -0.143. The molecule has 1 heterocycles. The van der Waals surface area contributed by atoms with Gasteiger partial charge in [-0.2, -0.15) is 0 Å². The summed E-state index contributed by atoms with van der Waals surface area (Å²) in [6.07, 6.45) is 0.402. The number of hydrogen-bond acceptors (Lipinski definition) is 3. The molecule has 1 rings (SSSR count).